The zero-order valence-corrected chi connectivity index (χ0v) is 13.0. The summed E-state index contributed by atoms with van der Waals surface area (Å²) >= 11 is 0. The SMILES string of the molecule is COCC(C)CNc1ccc2nnc(-c3ccccc3F)n2n1. The Balaban J connectivity index is 1.90. The molecule has 0 spiro atoms. The lowest BCUT2D eigenvalue weighted by atomic mass is 10.2. The van der Waals surface area contributed by atoms with Gasteiger partial charge in [0.25, 0.3) is 0 Å². The fraction of sp³-hybridized carbons (Fsp3) is 0.312. The second kappa shape index (κ2) is 6.70. The second-order valence-electron chi connectivity index (χ2n) is 5.43. The van der Waals surface area contributed by atoms with Crippen LogP contribution in [0.25, 0.3) is 17.0 Å². The zero-order chi connectivity index (χ0) is 16.2. The summed E-state index contributed by atoms with van der Waals surface area (Å²) < 4.78 is 20.6. The van der Waals surface area contributed by atoms with Crippen LogP contribution in [-0.2, 0) is 4.74 Å². The highest BCUT2D eigenvalue weighted by Crippen LogP contribution is 2.21. The number of rotatable bonds is 6. The summed E-state index contributed by atoms with van der Waals surface area (Å²) in [6, 6.07) is 10.1. The highest BCUT2D eigenvalue weighted by atomic mass is 19.1. The van der Waals surface area contributed by atoms with Gasteiger partial charge in [-0.2, -0.15) is 4.52 Å². The number of fused-ring (bicyclic) bond motifs is 1. The molecule has 0 saturated heterocycles. The Labute approximate surface area is 133 Å². The van der Waals surface area contributed by atoms with Gasteiger partial charge >= 0.3 is 0 Å². The molecule has 3 rings (SSSR count). The molecule has 0 aliphatic rings. The van der Waals surface area contributed by atoms with Crippen molar-refractivity contribution in [3.8, 4) is 11.4 Å². The van der Waals surface area contributed by atoms with Gasteiger partial charge in [-0.15, -0.1) is 15.3 Å². The number of anilines is 1. The number of halogens is 1. The van der Waals surface area contributed by atoms with Crippen LogP contribution in [0.1, 0.15) is 6.92 Å². The zero-order valence-electron chi connectivity index (χ0n) is 13.0. The summed E-state index contributed by atoms with van der Waals surface area (Å²) in [6.45, 7) is 3.48. The Morgan fingerprint density at radius 1 is 1.22 bits per heavy atom. The molecule has 0 amide bonds. The molecule has 0 bridgehead atoms. The van der Waals surface area contributed by atoms with Crippen molar-refractivity contribution < 1.29 is 9.13 Å². The van der Waals surface area contributed by atoms with Crippen molar-refractivity contribution >= 4 is 11.5 Å². The minimum Gasteiger partial charge on any atom is -0.384 e. The third-order valence-corrected chi connectivity index (χ3v) is 3.46. The first kappa shape index (κ1) is 15.4. The molecule has 0 aliphatic carbocycles. The van der Waals surface area contributed by atoms with Crippen molar-refractivity contribution in [3.63, 3.8) is 0 Å². The number of nitrogens with one attached hydrogen (secondary N) is 1. The standard InChI is InChI=1S/C16H18FN5O/c1-11(10-23-2)9-18-14-7-8-15-19-20-16(22(15)21-14)12-5-3-4-6-13(12)17/h3-8,11H,9-10H2,1-2H3,(H,18,21). The second-order valence-corrected chi connectivity index (χ2v) is 5.43. The lowest BCUT2D eigenvalue weighted by Gasteiger charge is -2.12. The first-order valence-electron chi connectivity index (χ1n) is 7.39. The average Bonchev–Trinajstić information content (AvgIpc) is 2.97. The fourth-order valence-corrected chi connectivity index (χ4v) is 2.32. The van der Waals surface area contributed by atoms with Crippen molar-refractivity contribution in [1.29, 1.82) is 0 Å². The molecule has 23 heavy (non-hydrogen) atoms. The maximum Gasteiger partial charge on any atom is 0.188 e. The van der Waals surface area contributed by atoms with E-state index in [9.17, 15) is 4.39 Å². The van der Waals surface area contributed by atoms with Crippen LogP contribution in [-0.4, -0.2) is 40.1 Å². The molecule has 120 valence electrons. The van der Waals surface area contributed by atoms with Crippen molar-refractivity contribution in [3.05, 3.63) is 42.2 Å². The summed E-state index contributed by atoms with van der Waals surface area (Å²) in [7, 11) is 1.68. The van der Waals surface area contributed by atoms with Gasteiger partial charge in [0.05, 0.1) is 12.2 Å². The van der Waals surface area contributed by atoms with E-state index in [4.69, 9.17) is 4.74 Å². The molecule has 1 N–H and O–H groups in total. The minimum absolute atomic E-state index is 0.351. The molecule has 0 saturated carbocycles. The third-order valence-electron chi connectivity index (χ3n) is 3.46. The molecule has 0 fully saturated rings. The topological polar surface area (TPSA) is 64.3 Å². The summed E-state index contributed by atoms with van der Waals surface area (Å²) in [6.07, 6.45) is 0. The van der Waals surface area contributed by atoms with E-state index in [1.165, 1.54) is 6.07 Å². The van der Waals surface area contributed by atoms with Crippen molar-refractivity contribution in [2.45, 2.75) is 6.92 Å². The van der Waals surface area contributed by atoms with Gasteiger partial charge in [-0.25, -0.2) is 4.39 Å². The summed E-state index contributed by atoms with van der Waals surface area (Å²) in [5.41, 5.74) is 0.941. The van der Waals surface area contributed by atoms with E-state index in [-0.39, 0.29) is 5.82 Å². The molecule has 1 unspecified atom stereocenters. The molecule has 3 aromatic rings. The number of aromatic nitrogens is 4. The maximum absolute atomic E-state index is 14.0. The fourth-order valence-electron chi connectivity index (χ4n) is 2.32. The molecule has 1 aromatic carbocycles. The van der Waals surface area contributed by atoms with Crippen molar-refractivity contribution in [2.75, 3.05) is 25.6 Å². The summed E-state index contributed by atoms with van der Waals surface area (Å²) in [5, 5.41) is 15.8. The monoisotopic (exact) mass is 315 g/mol. The van der Waals surface area contributed by atoms with E-state index in [1.54, 1.807) is 35.9 Å². The highest BCUT2D eigenvalue weighted by molar-refractivity contribution is 5.60. The predicted molar refractivity (Wildman–Crippen MR) is 85.7 cm³/mol. The molecule has 1 atom stereocenters. The van der Waals surface area contributed by atoms with Gasteiger partial charge in [-0.1, -0.05) is 19.1 Å². The van der Waals surface area contributed by atoms with Crippen LogP contribution in [0.4, 0.5) is 10.2 Å². The van der Waals surface area contributed by atoms with Gasteiger partial charge in [-0.3, -0.25) is 0 Å². The number of nitrogens with zero attached hydrogens (tertiary/aromatic N) is 4. The van der Waals surface area contributed by atoms with Crippen LogP contribution in [0, 0.1) is 11.7 Å². The van der Waals surface area contributed by atoms with Gasteiger partial charge in [0.1, 0.15) is 11.6 Å². The van der Waals surface area contributed by atoms with Gasteiger partial charge in [0, 0.05) is 13.7 Å². The predicted octanol–water partition coefficient (Wildman–Crippen LogP) is 2.62. The van der Waals surface area contributed by atoms with Gasteiger partial charge in [-0.05, 0) is 30.2 Å². The number of ether oxygens (including phenoxy) is 1. The smallest absolute Gasteiger partial charge is 0.188 e. The number of hydrogen-bond donors (Lipinski definition) is 1. The van der Waals surface area contributed by atoms with Crippen LogP contribution in [0.15, 0.2) is 36.4 Å². The van der Waals surface area contributed by atoms with E-state index in [2.05, 4.69) is 27.5 Å². The molecule has 6 nitrogen and oxygen atoms in total. The normalized spacial score (nSPS) is 12.5. The van der Waals surface area contributed by atoms with Gasteiger partial charge in [0.2, 0.25) is 0 Å². The minimum atomic E-state index is -0.351. The molecule has 0 aliphatic heterocycles. The van der Waals surface area contributed by atoms with Gasteiger partial charge in [0.15, 0.2) is 11.5 Å². The van der Waals surface area contributed by atoms with Crippen LogP contribution in [0.3, 0.4) is 0 Å². The maximum atomic E-state index is 14.0. The largest absolute Gasteiger partial charge is 0.384 e. The number of hydrogen-bond acceptors (Lipinski definition) is 5. The Morgan fingerprint density at radius 3 is 2.83 bits per heavy atom. The lowest BCUT2D eigenvalue weighted by molar-refractivity contribution is 0.164. The van der Waals surface area contributed by atoms with Crippen molar-refractivity contribution in [2.24, 2.45) is 5.92 Å². The van der Waals surface area contributed by atoms with E-state index in [0.717, 1.165) is 6.54 Å². The van der Waals surface area contributed by atoms with E-state index in [0.29, 0.717) is 35.4 Å². The first-order valence-corrected chi connectivity index (χ1v) is 7.39. The molecule has 2 aromatic heterocycles. The Kier molecular flexibility index (Phi) is 4.47. The quantitative estimate of drug-likeness (QED) is 0.757. The average molecular weight is 315 g/mol. The highest BCUT2D eigenvalue weighted by Gasteiger charge is 2.13. The molecular formula is C16H18FN5O. The van der Waals surface area contributed by atoms with E-state index in [1.807, 2.05) is 6.07 Å². The van der Waals surface area contributed by atoms with Crippen LogP contribution in [0.5, 0.6) is 0 Å². The number of methoxy groups -OCH3 is 1. The van der Waals surface area contributed by atoms with Crippen LogP contribution in [0.2, 0.25) is 0 Å². The Bertz CT molecular complexity index is 804. The third kappa shape index (κ3) is 3.29. The summed E-state index contributed by atoms with van der Waals surface area (Å²) in [4.78, 5) is 0. The van der Waals surface area contributed by atoms with E-state index >= 15 is 0 Å². The molecule has 2 heterocycles. The van der Waals surface area contributed by atoms with Crippen LogP contribution < -0.4 is 5.32 Å². The Morgan fingerprint density at radius 2 is 2.04 bits per heavy atom. The summed E-state index contributed by atoms with van der Waals surface area (Å²) in [5.74, 6) is 1.06. The molecule has 0 radical (unpaired) electrons. The van der Waals surface area contributed by atoms with Gasteiger partial charge < -0.3 is 10.1 Å². The van der Waals surface area contributed by atoms with Crippen LogP contribution >= 0.6 is 0 Å². The first-order chi connectivity index (χ1) is 11.2. The van der Waals surface area contributed by atoms with E-state index < -0.39 is 0 Å². The lowest BCUT2D eigenvalue weighted by Crippen LogP contribution is -2.17. The number of benzene rings is 1. The molecular weight excluding hydrogens is 297 g/mol. The van der Waals surface area contributed by atoms with Crippen molar-refractivity contribution in [1.82, 2.24) is 19.8 Å². The molecule has 7 heteroatoms. The Hall–Kier alpha value is -2.54.